The Hall–Kier alpha value is -2.14. The number of amides is 1. The molecule has 1 N–H and O–H groups in total. The Labute approximate surface area is 105 Å². The van der Waals surface area contributed by atoms with Gasteiger partial charge >= 0.3 is 0 Å². The maximum absolute atomic E-state index is 11.9. The summed E-state index contributed by atoms with van der Waals surface area (Å²) in [6, 6.07) is 9.39. The van der Waals surface area contributed by atoms with Crippen LogP contribution in [0.1, 0.15) is 10.5 Å². The minimum absolute atomic E-state index is 0.264. The molecule has 0 saturated carbocycles. The van der Waals surface area contributed by atoms with Crippen LogP contribution in [-0.4, -0.2) is 31.2 Å². The fraction of sp³-hybridized carbons (Fsp3) is 0.231. The van der Waals surface area contributed by atoms with E-state index in [1.54, 1.807) is 7.11 Å². The van der Waals surface area contributed by atoms with Crippen LogP contribution in [0.3, 0.4) is 0 Å². The van der Waals surface area contributed by atoms with Gasteiger partial charge in [-0.15, -0.1) is 0 Å². The molecule has 1 aromatic heterocycles. The predicted molar refractivity (Wildman–Crippen MR) is 66.1 cm³/mol. The van der Waals surface area contributed by atoms with E-state index in [0.717, 1.165) is 5.56 Å². The maximum Gasteiger partial charge on any atom is 0.274 e. The number of carbonyl (C=O) groups is 1. The molecular weight excluding hydrogens is 232 g/mol. The lowest BCUT2D eigenvalue weighted by Crippen LogP contribution is -2.27. The van der Waals surface area contributed by atoms with E-state index in [4.69, 9.17) is 9.15 Å². The lowest BCUT2D eigenvalue weighted by molar-refractivity contribution is 0.0933. The summed E-state index contributed by atoms with van der Waals surface area (Å²) in [5.41, 5.74) is 1.11. The first-order valence-corrected chi connectivity index (χ1v) is 5.59. The predicted octanol–water partition coefficient (Wildman–Crippen LogP) is 1.72. The molecule has 5 heteroatoms. The molecule has 0 aliphatic rings. The van der Waals surface area contributed by atoms with E-state index in [2.05, 4.69) is 10.3 Å². The molecule has 18 heavy (non-hydrogen) atoms. The fourth-order valence-electron chi connectivity index (χ4n) is 1.55. The number of aromatic nitrogens is 1. The third kappa shape index (κ3) is 2.75. The van der Waals surface area contributed by atoms with Crippen molar-refractivity contribution in [3.05, 3.63) is 42.4 Å². The van der Waals surface area contributed by atoms with Crippen LogP contribution in [0, 0.1) is 0 Å². The number of ether oxygens (including phenoxy) is 1. The van der Waals surface area contributed by atoms with Gasteiger partial charge in [0.2, 0.25) is 0 Å². The van der Waals surface area contributed by atoms with Gasteiger partial charge in [-0.1, -0.05) is 30.3 Å². The molecule has 0 bridgehead atoms. The molecule has 0 aliphatic heterocycles. The van der Waals surface area contributed by atoms with Crippen molar-refractivity contribution in [3.63, 3.8) is 0 Å². The van der Waals surface area contributed by atoms with E-state index in [1.165, 1.54) is 6.39 Å². The van der Waals surface area contributed by atoms with Crippen molar-refractivity contribution in [3.8, 4) is 11.3 Å². The lowest BCUT2D eigenvalue weighted by Gasteiger charge is -2.03. The third-order valence-electron chi connectivity index (χ3n) is 2.41. The zero-order valence-corrected chi connectivity index (χ0v) is 10.1. The molecule has 5 nitrogen and oxygen atoms in total. The Bertz CT molecular complexity index is 508. The Morgan fingerprint density at radius 1 is 1.39 bits per heavy atom. The highest BCUT2D eigenvalue weighted by molar-refractivity contribution is 5.97. The zero-order valence-electron chi connectivity index (χ0n) is 10.1. The molecule has 2 rings (SSSR count). The Morgan fingerprint density at radius 2 is 2.17 bits per heavy atom. The number of benzene rings is 1. The largest absolute Gasteiger partial charge is 0.443 e. The van der Waals surface area contributed by atoms with Gasteiger partial charge in [0.05, 0.1) is 6.61 Å². The quantitative estimate of drug-likeness (QED) is 0.816. The van der Waals surface area contributed by atoms with Gasteiger partial charge in [-0.2, -0.15) is 0 Å². The minimum Gasteiger partial charge on any atom is -0.443 e. The smallest absolute Gasteiger partial charge is 0.274 e. The summed E-state index contributed by atoms with van der Waals surface area (Å²) in [7, 11) is 1.58. The van der Waals surface area contributed by atoms with Gasteiger partial charge in [0.1, 0.15) is 0 Å². The summed E-state index contributed by atoms with van der Waals surface area (Å²) in [5, 5.41) is 2.71. The van der Waals surface area contributed by atoms with Crippen LogP contribution >= 0.6 is 0 Å². The van der Waals surface area contributed by atoms with Crippen LogP contribution in [-0.2, 0) is 4.74 Å². The molecule has 0 fully saturated rings. The number of hydrogen-bond donors (Lipinski definition) is 1. The van der Waals surface area contributed by atoms with Crippen LogP contribution in [0.25, 0.3) is 11.3 Å². The summed E-state index contributed by atoms with van der Waals surface area (Å²) in [6.45, 7) is 0.903. The molecule has 1 aromatic carbocycles. The highest BCUT2D eigenvalue weighted by atomic mass is 16.5. The number of carbonyl (C=O) groups excluding carboxylic acids is 1. The monoisotopic (exact) mass is 246 g/mol. The van der Waals surface area contributed by atoms with Crippen molar-refractivity contribution in [1.29, 1.82) is 0 Å². The van der Waals surface area contributed by atoms with Crippen LogP contribution < -0.4 is 5.32 Å². The number of hydrogen-bond acceptors (Lipinski definition) is 4. The minimum atomic E-state index is -0.264. The Kier molecular flexibility index (Phi) is 4.09. The van der Waals surface area contributed by atoms with Gasteiger partial charge in [-0.25, -0.2) is 4.98 Å². The molecule has 0 aliphatic carbocycles. The van der Waals surface area contributed by atoms with E-state index in [0.29, 0.717) is 18.9 Å². The van der Waals surface area contributed by atoms with Gasteiger partial charge in [0.15, 0.2) is 17.8 Å². The summed E-state index contributed by atoms with van der Waals surface area (Å²) < 4.78 is 10.1. The first kappa shape index (κ1) is 12.3. The normalized spacial score (nSPS) is 10.3. The topological polar surface area (TPSA) is 64.4 Å². The molecule has 1 heterocycles. The second-order valence-electron chi connectivity index (χ2n) is 3.64. The first-order valence-electron chi connectivity index (χ1n) is 5.59. The highest BCUT2D eigenvalue weighted by Gasteiger charge is 2.17. The van der Waals surface area contributed by atoms with Crippen molar-refractivity contribution in [2.24, 2.45) is 0 Å². The SMILES string of the molecule is COCCNC(=O)c1ncoc1-c1ccccc1. The highest BCUT2D eigenvalue weighted by Crippen LogP contribution is 2.22. The van der Waals surface area contributed by atoms with Gasteiger partial charge < -0.3 is 14.5 Å². The Morgan fingerprint density at radius 3 is 2.89 bits per heavy atom. The van der Waals surface area contributed by atoms with Crippen molar-refractivity contribution in [1.82, 2.24) is 10.3 Å². The van der Waals surface area contributed by atoms with E-state index < -0.39 is 0 Å². The summed E-state index contributed by atoms with van der Waals surface area (Å²) in [6.07, 6.45) is 1.27. The van der Waals surface area contributed by atoms with E-state index >= 15 is 0 Å². The molecule has 2 aromatic rings. The second-order valence-corrected chi connectivity index (χ2v) is 3.64. The number of nitrogens with zero attached hydrogens (tertiary/aromatic N) is 1. The molecule has 0 unspecified atom stereocenters. The molecule has 0 radical (unpaired) electrons. The van der Waals surface area contributed by atoms with Crippen molar-refractivity contribution >= 4 is 5.91 Å². The number of methoxy groups -OCH3 is 1. The number of rotatable bonds is 5. The van der Waals surface area contributed by atoms with Crippen molar-refractivity contribution in [2.75, 3.05) is 20.3 Å². The second kappa shape index (κ2) is 5.97. The van der Waals surface area contributed by atoms with Gasteiger partial charge in [0, 0.05) is 19.2 Å². The van der Waals surface area contributed by atoms with Crippen LogP contribution in [0.15, 0.2) is 41.1 Å². The van der Waals surface area contributed by atoms with Crippen LogP contribution in [0.4, 0.5) is 0 Å². The summed E-state index contributed by atoms with van der Waals surface area (Å²) >= 11 is 0. The molecule has 0 spiro atoms. The zero-order chi connectivity index (χ0) is 12.8. The molecule has 0 saturated heterocycles. The van der Waals surface area contributed by atoms with Gasteiger partial charge in [0.25, 0.3) is 5.91 Å². The maximum atomic E-state index is 11.9. The van der Waals surface area contributed by atoms with E-state index in [-0.39, 0.29) is 11.6 Å². The van der Waals surface area contributed by atoms with Gasteiger partial charge in [-0.05, 0) is 0 Å². The van der Waals surface area contributed by atoms with Crippen molar-refractivity contribution in [2.45, 2.75) is 0 Å². The summed E-state index contributed by atoms with van der Waals surface area (Å²) in [4.78, 5) is 15.8. The van der Waals surface area contributed by atoms with Gasteiger partial charge in [-0.3, -0.25) is 4.79 Å². The number of oxazole rings is 1. The molecule has 94 valence electrons. The average Bonchev–Trinajstić information content (AvgIpc) is 2.89. The lowest BCUT2D eigenvalue weighted by atomic mass is 10.1. The van der Waals surface area contributed by atoms with E-state index in [1.807, 2.05) is 30.3 Å². The summed E-state index contributed by atoms with van der Waals surface area (Å²) in [5.74, 6) is 0.213. The van der Waals surface area contributed by atoms with Crippen LogP contribution in [0.2, 0.25) is 0 Å². The van der Waals surface area contributed by atoms with Crippen molar-refractivity contribution < 1.29 is 13.9 Å². The molecular formula is C13H14N2O3. The van der Waals surface area contributed by atoms with E-state index in [9.17, 15) is 4.79 Å². The number of nitrogens with one attached hydrogen (secondary N) is 1. The Balaban J connectivity index is 2.15. The molecule has 1 amide bonds. The average molecular weight is 246 g/mol. The van der Waals surface area contributed by atoms with Crippen LogP contribution in [0.5, 0.6) is 0 Å². The fourth-order valence-corrected chi connectivity index (χ4v) is 1.55. The molecule has 0 atom stereocenters. The first-order chi connectivity index (χ1) is 8.83. The standard InChI is InChI=1S/C13H14N2O3/c1-17-8-7-14-13(16)11-12(18-9-15-11)10-5-3-2-4-6-10/h2-6,9H,7-8H2,1H3,(H,14,16). The third-order valence-corrected chi connectivity index (χ3v) is 2.41.